The van der Waals surface area contributed by atoms with E-state index in [2.05, 4.69) is 4.98 Å². The van der Waals surface area contributed by atoms with Gasteiger partial charge in [-0.1, -0.05) is 19.1 Å². The minimum Gasteiger partial charge on any atom is -0.493 e. The summed E-state index contributed by atoms with van der Waals surface area (Å²) >= 11 is 0. The Morgan fingerprint density at radius 3 is 2.58 bits per heavy atom. The van der Waals surface area contributed by atoms with Crippen molar-refractivity contribution < 1.29 is 32.2 Å². The van der Waals surface area contributed by atoms with E-state index in [4.69, 9.17) is 9.84 Å². The minimum absolute atomic E-state index is 0.0241. The molecule has 0 unspecified atom stereocenters. The van der Waals surface area contributed by atoms with Gasteiger partial charge in [-0.05, 0) is 49.1 Å². The number of imidazole rings is 1. The lowest BCUT2D eigenvalue weighted by Crippen LogP contribution is -2.08. The molecular formula is C24H24F4N2O3. The van der Waals surface area contributed by atoms with Crippen LogP contribution in [0.5, 0.6) is 5.75 Å². The summed E-state index contributed by atoms with van der Waals surface area (Å²) in [4.78, 5) is 15.0. The third-order valence-electron chi connectivity index (χ3n) is 5.17. The number of alkyl halides is 3. The van der Waals surface area contributed by atoms with Gasteiger partial charge >= 0.3 is 12.1 Å². The highest BCUT2D eigenvalue weighted by Crippen LogP contribution is 2.31. The maximum atomic E-state index is 13.9. The third-order valence-corrected chi connectivity index (χ3v) is 5.17. The standard InChI is InChI=1S/C24H24F4N2O3/c1-16(13-22(31)32)3-2-12-33-21-9-8-20(25)14-18(21)15-30-11-10-29-23(30)17-4-6-19(7-5-17)24(26,27)28/h4-11,14,16H,2-3,12-13,15H2,1H3,(H,31,32)/t16-/m1/s1. The average molecular weight is 464 g/mol. The van der Waals surface area contributed by atoms with Crippen molar-refractivity contribution in [1.29, 1.82) is 0 Å². The molecule has 176 valence electrons. The second-order valence-corrected chi connectivity index (χ2v) is 7.90. The number of rotatable bonds is 10. The zero-order valence-electron chi connectivity index (χ0n) is 18.0. The van der Waals surface area contributed by atoms with E-state index in [0.717, 1.165) is 12.1 Å². The van der Waals surface area contributed by atoms with E-state index in [1.165, 1.54) is 36.5 Å². The molecule has 2 aromatic carbocycles. The quantitative estimate of drug-likeness (QED) is 0.294. The van der Waals surface area contributed by atoms with E-state index < -0.39 is 23.5 Å². The van der Waals surface area contributed by atoms with E-state index in [1.807, 2.05) is 6.92 Å². The fraction of sp³-hybridized carbons (Fsp3) is 0.333. The predicted octanol–water partition coefficient (Wildman–Crippen LogP) is 6.03. The average Bonchev–Trinajstić information content (AvgIpc) is 3.19. The molecule has 3 aromatic rings. The molecule has 1 heterocycles. The van der Waals surface area contributed by atoms with Crippen molar-refractivity contribution in [3.05, 3.63) is 71.8 Å². The summed E-state index contributed by atoms with van der Waals surface area (Å²) in [6.07, 6.45) is 0.184. The van der Waals surface area contributed by atoms with Gasteiger partial charge in [-0.2, -0.15) is 13.2 Å². The predicted molar refractivity (Wildman–Crippen MR) is 114 cm³/mol. The van der Waals surface area contributed by atoms with Gasteiger partial charge in [0.25, 0.3) is 0 Å². The van der Waals surface area contributed by atoms with Gasteiger partial charge in [0.05, 0.1) is 18.7 Å². The van der Waals surface area contributed by atoms with Gasteiger partial charge < -0.3 is 14.4 Å². The van der Waals surface area contributed by atoms with Crippen LogP contribution in [0.1, 0.15) is 37.3 Å². The largest absolute Gasteiger partial charge is 0.493 e. The van der Waals surface area contributed by atoms with Crippen LogP contribution in [0.15, 0.2) is 54.9 Å². The SMILES string of the molecule is C[C@H](CCCOc1ccc(F)cc1Cn1ccnc1-c1ccc(C(F)(F)F)cc1)CC(=O)O. The molecule has 0 amide bonds. The van der Waals surface area contributed by atoms with Crippen LogP contribution in [0.4, 0.5) is 17.6 Å². The second-order valence-electron chi connectivity index (χ2n) is 7.90. The molecule has 0 saturated carbocycles. The Morgan fingerprint density at radius 1 is 1.18 bits per heavy atom. The Morgan fingerprint density at radius 2 is 1.91 bits per heavy atom. The van der Waals surface area contributed by atoms with E-state index in [1.54, 1.807) is 10.8 Å². The number of halogens is 4. The monoisotopic (exact) mass is 464 g/mol. The number of hydrogen-bond acceptors (Lipinski definition) is 3. The van der Waals surface area contributed by atoms with E-state index in [-0.39, 0.29) is 18.9 Å². The van der Waals surface area contributed by atoms with Crippen molar-refractivity contribution in [2.24, 2.45) is 5.92 Å². The highest BCUT2D eigenvalue weighted by atomic mass is 19.4. The Kier molecular flexibility index (Phi) is 7.73. The van der Waals surface area contributed by atoms with Crippen LogP contribution in [0, 0.1) is 11.7 Å². The van der Waals surface area contributed by atoms with Gasteiger partial charge in [-0.15, -0.1) is 0 Å². The van der Waals surface area contributed by atoms with Crippen molar-refractivity contribution in [2.75, 3.05) is 6.61 Å². The first-order valence-electron chi connectivity index (χ1n) is 10.4. The van der Waals surface area contributed by atoms with Crippen LogP contribution in [0.25, 0.3) is 11.4 Å². The summed E-state index contributed by atoms with van der Waals surface area (Å²) in [5.41, 5.74) is 0.307. The molecule has 0 radical (unpaired) electrons. The highest BCUT2D eigenvalue weighted by Gasteiger charge is 2.30. The van der Waals surface area contributed by atoms with Crippen LogP contribution in [0.2, 0.25) is 0 Å². The first-order chi connectivity index (χ1) is 15.6. The molecule has 9 heteroatoms. The molecule has 3 rings (SSSR count). The van der Waals surface area contributed by atoms with Crippen molar-refractivity contribution in [3.63, 3.8) is 0 Å². The second kappa shape index (κ2) is 10.5. The molecule has 0 aliphatic carbocycles. The number of hydrogen-bond donors (Lipinski definition) is 1. The van der Waals surface area contributed by atoms with Gasteiger partial charge in [-0.25, -0.2) is 9.37 Å². The summed E-state index contributed by atoms with van der Waals surface area (Å²) in [6, 6.07) is 8.86. The van der Waals surface area contributed by atoms with E-state index in [0.29, 0.717) is 42.1 Å². The Bertz CT molecular complexity index is 1080. The van der Waals surface area contributed by atoms with Crippen molar-refractivity contribution >= 4 is 5.97 Å². The lowest BCUT2D eigenvalue weighted by Gasteiger charge is -2.15. The van der Waals surface area contributed by atoms with Gasteiger partial charge in [-0.3, -0.25) is 4.79 Å². The summed E-state index contributed by atoms with van der Waals surface area (Å²) in [7, 11) is 0. The van der Waals surface area contributed by atoms with E-state index in [9.17, 15) is 22.4 Å². The zero-order chi connectivity index (χ0) is 24.0. The Balaban J connectivity index is 1.71. The van der Waals surface area contributed by atoms with E-state index >= 15 is 0 Å². The normalized spacial score (nSPS) is 12.5. The van der Waals surface area contributed by atoms with Crippen LogP contribution < -0.4 is 4.74 Å². The molecule has 0 aliphatic rings. The maximum Gasteiger partial charge on any atom is 0.416 e. The number of ether oxygens (including phenoxy) is 1. The van der Waals surface area contributed by atoms with Crippen molar-refractivity contribution in [1.82, 2.24) is 9.55 Å². The number of benzene rings is 2. The van der Waals surface area contributed by atoms with Gasteiger partial charge in [0.2, 0.25) is 0 Å². The molecule has 0 aliphatic heterocycles. The smallest absolute Gasteiger partial charge is 0.416 e. The van der Waals surface area contributed by atoms with Crippen LogP contribution in [0.3, 0.4) is 0 Å². The lowest BCUT2D eigenvalue weighted by atomic mass is 10.0. The summed E-state index contributed by atoms with van der Waals surface area (Å²) in [5, 5.41) is 8.83. The first kappa shape index (κ1) is 24.3. The molecule has 1 aromatic heterocycles. The number of aromatic nitrogens is 2. The zero-order valence-corrected chi connectivity index (χ0v) is 18.0. The topological polar surface area (TPSA) is 64.4 Å². The molecule has 0 bridgehead atoms. The molecule has 0 saturated heterocycles. The molecule has 5 nitrogen and oxygen atoms in total. The Labute approximate surface area is 188 Å². The molecule has 1 N–H and O–H groups in total. The Hall–Kier alpha value is -3.36. The first-order valence-corrected chi connectivity index (χ1v) is 10.4. The fourth-order valence-corrected chi connectivity index (χ4v) is 3.52. The highest BCUT2D eigenvalue weighted by molar-refractivity contribution is 5.66. The van der Waals surface area contributed by atoms with Gasteiger partial charge in [0, 0.05) is 29.9 Å². The molecular weight excluding hydrogens is 440 g/mol. The molecule has 1 atom stereocenters. The summed E-state index contributed by atoms with van der Waals surface area (Å²) < 4.78 is 60.0. The van der Waals surface area contributed by atoms with Crippen molar-refractivity contribution in [3.8, 4) is 17.1 Å². The number of carbonyl (C=O) groups is 1. The molecule has 0 spiro atoms. The lowest BCUT2D eigenvalue weighted by molar-refractivity contribution is -0.138. The van der Waals surface area contributed by atoms with Crippen LogP contribution >= 0.6 is 0 Å². The number of nitrogens with zero attached hydrogens (tertiary/aromatic N) is 2. The number of carboxylic acid groups (broad SMARTS) is 1. The minimum atomic E-state index is -4.42. The maximum absolute atomic E-state index is 13.9. The van der Waals surface area contributed by atoms with Gasteiger partial charge in [0.1, 0.15) is 17.4 Å². The van der Waals surface area contributed by atoms with Crippen LogP contribution in [-0.2, 0) is 17.5 Å². The fourth-order valence-electron chi connectivity index (χ4n) is 3.52. The van der Waals surface area contributed by atoms with Crippen molar-refractivity contribution in [2.45, 2.75) is 38.9 Å². The summed E-state index contributed by atoms with van der Waals surface area (Å²) in [5.74, 6) is -0.330. The van der Waals surface area contributed by atoms with Crippen LogP contribution in [-0.4, -0.2) is 27.2 Å². The third kappa shape index (κ3) is 6.81. The number of carboxylic acids is 1. The molecule has 0 fully saturated rings. The van der Waals surface area contributed by atoms with Gasteiger partial charge in [0.15, 0.2) is 0 Å². The molecule has 33 heavy (non-hydrogen) atoms. The number of aliphatic carboxylic acids is 1. The summed E-state index contributed by atoms with van der Waals surface area (Å²) in [6.45, 7) is 2.41.